The molecule has 0 bridgehead atoms. The number of benzene rings is 2. The molecule has 3 nitrogen and oxygen atoms in total. The molecule has 0 aliphatic heterocycles. The summed E-state index contributed by atoms with van der Waals surface area (Å²) in [7, 11) is -1.81. The van der Waals surface area contributed by atoms with Gasteiger partial charge >= 0.3 is 0 Å². The average Bonchev–Trinajstić information content (AvgIpc) is 2.98. The summed E-state index contributed by atoms with van der Waals surface area (Å²) in [6.45, 7) is 6.65. The lowest BCUT2D eigenvalue weighted by molar-refractivity contribution is 0.414. The Hall–Kier alpha value is -2.23. The molecule has 1 heterocycles. The van der Waals surface area contributed by atoms with Crippen molar-refractivity contribution in [3.05, 3.63) is 75.6 Å². The van der Waals surface area contributed by atoms with Crippen LogP contribution >= 0.6 is 23.2 Å². The van der Waals surface area contributed by atoms with Crippen molar-refractivity contribution in [2.24, 2.45) is 0 Å². The van der Waals surface area contributed by atoms with Crippen LogP contribution in [0.1, 0.15) is 11.3 Å². The van der Waals surface area contributed by atoms with Gasteiger partial charge in [-0.1, -0.05) is 72.3 Å². The zero-order chi connectivity index (χ0) is 19.6. The molecule has 1 aromatic heterocycles. The molecular formula is C21H20Cl2N2OSi. The molecule has 3 rings (SSSR count). The third-order valence-corrected chi connectivity index (χ3v) is 6.45. The molecule has 0 aliphatic carbocycles. The van der Waals surface area contributed by atoms with Gasteiger partial charge in [0.1, 0.15) is 11.4 Å². The van der Waals surface area contributed by atoms with E-state index in [1.807, 2.05) is 42.5 Å². The molecular weight excluding hydrogens is 395 g/mol. The fourth-order valence-corrected chi connectivity index (χ4v) is 4.25. The molecule has 0 atom stereocenters. The maximum Gasteiger partial charge on any atom is 0.189 e. The number of hydrogen-bond acceptors (Lipinski definition) is 3. The summed E-state index contributed by atoms with van der Waals surface area (Å²) >= 11 is 11.9. The number of nitrogens with two attached hydrogens (primary N) is 1. The normalized spacial score (nSPS) is 11.1. The molecule has 138 valence electrons. The number of halogens is 2. The number of anilines is 1. The third kappa shape index (κ3) is 4.55. The van der Waals surface area contributed by atoms with Crippen molar-refractivity contribution in [3.8, 4) is 11.3 Å². The Morgan fingerprint density at radius 2 is 1.56 bits per heavy atom. The second-order valence-corrected chi connectivity index (χ2v) is 13.1. The fraction of sp³-hybridized carbons (Fsp3) is 0.143. The molecule has 6 heteroatoms. The Kier molecular flexibility index (Phi) is 5.63. The highest BCUT2D eigenvalue weighted by Gasteiger charge is 2.28. The largest absolute Gasteiger partial charge is 0.394 e. The van der Waals surface area contributed by atoms with Gasteiger partial charge in [0.25, 0.3) is 0 Å². The first kappa shape index (κ1) is 19.5. The van der Waals surface area contributed by atoms with E-state index in [9.17, 15) is 0 Å². The summed E-state index contributed by atoms with van der Waals surface area (Å²) in [5, 5.41) is 6.54. The van der Waals surface area contributed by atoms with Crippen LogP contribution < -0.4 is 5.73 Å². The minimum Gasteiger partial charge on any atom is -0.394 e. The number of hydrogen-bond donors (Lipinski definition) is 1. The van der Waals surface area contributed by atoms with Crippen LogP contribution in [-0.2, 0) is 0 Å². The minimum absolute atomic E-state index is 0.520. The standard InChI is InChI=1S/C21H20Cl2N2OSi/c1-27(2,3)18(13-6-14-4-9-16(22)10-5-14)21-19(24)20(25-26-21)15-7-11-17(23)12-8-15/h4-12H,24H2,1-3H3. The van der Waals surface area contributed by atoms with E-state index in [2.05, 4.69) is 30.5 Å². The van der Waals surface area contributed by atoms with E-state index in [1.54, 1.807) is 12.1 Å². The van der Waals surface area contributed by atoms with Gasteiger partial charge in [-0.2, -0.15) is 0 Å². The van der Waals surface area contributed by atoms with E-state index in [4.69, 9.17) is 33.5 Å². The average molecular weight is 415 g/mol. The number of rotatable bonds is 4. The Balaban J connectivity index is 2.08. The summed E-state index contributed by atoms with van der Waals surface area (Å²) < 4.78 is 5.66. The quantitative estimate of drug-likeness (QED) is 0.376. The molecule has 3 aromatic rings. The number of nitrogens with zero attached hydrogens (tertiary/aromatic N) is 1. The summed E-state index contributed by atoms with van der Waals surface area (Å²) in [6, 6.07) is 15.0. The van der Waals surface area contributed by atoms with Gasteiger partial charge in [-0.05, 0) is 35.9 Å². The van der Waals surface area contributed by atoms with Crippen LogP contribution in [0.5, 0.6) is 0 Å². The van der Waals surface area contributed by atoms with E-state index in [-0.39, 0.29) is 0 Å². The summed E-state index contributed by atoms with van der Waals surface area (Å²) in [4.78, 5) is 0. The maximum absolute atomic E-state index is 6.40. The van der Waals surface area contributed by atoms with E-state index in [1.165, 1.54) is 0 Å². The predicted molar refractivity (Wildman–Crippen MR) is 118 cm³/mol. The van der Waals surface area contributed by atoms with Crippen molar-refractivity contribution in [3.63, 3.8) is 0 Å². The van der Waals surface area contributed by atoms with E-state index in [0.29, 0.717) is 27.2 Å². The lowest BCUT2D eigenvalue weighted by atomic mass is 10.1. The first-order valence-corrected chi connectivity index (χ1v) is 12.8. The highest BCUT2D eigenvalue weighted by molar-refractivity contribution is 6.93. The smallest absolute Gasteiger partial charge is 0.189 e. The first-order valence-electron chi connectivity index (χ1n) is 8.50. The second-order valence-electron chi connectivity index (χ2n) is 7.25. The zero-order valence-corrected chi connectivity index (χ0v) is 17.9. The van der Waals surface area contributed by atoms with Crippen molar-refractivity contribution < 1.29 is 4.52 Å². The van der Waals surface area contributed by atoms with Gasteiger partial charge in [0.2, 0.25) is 0 Å². The summed E-state index contributed by atoms with van der Waals surface area (Å²) in [5.74, 6) is 0.587. The van der Waals surface area contributed by atoms with Gasteiger partial charge < -0.3 is 10.3 Å². The van der Waals surface area contributed by atoms with E-state index in [0.717, 1.165) is 16.3 Å². The van der Waals surface area contributed by atoms with Crippen LogP contribution in [0.25, 0.3) is 22.5 Å². The van der Waals surface area contributed by atoms with Crippen LogP contribution in [0.4, 0.5) is 5.69 Å². The van der Waals surface area contributed by atoms with Gasteiger partial charge in [-0.25, -0.2) is 0 Å². The van der Waals surface area contributed by atoms with Gasteiger partial charge in [-0.3, -0.25) is 0 Å². The van der Waals surface area contributed by atoms with Crippen molar-refractivity contribution in [2.45, 2.75) is 19.6 Å². The zero-order valence-electron chi connectivity index (χ0n) is 15.4. The Morgan fingerprint density at radius 3 is 2.11 bits per heavy atom. The van der Waals surface area contributed by atoms with Gasteiger partial charge in [0.05, 0.1) is 8.07 Å². The molecule has 0 fully saturated rings. The van der Waals surface area contributed by atoms with Gasteiger partial charge in [0, 0.05) is 20.8 Å². The predicted octanol–water partition coefficient (Wildman–Crippen LogP) is 6.80. The minimum atomic E-state index is -1.81. The fourth-order valence-electron chi connectivity index (χ4n) is 2.63. The molecule has 27 heavy (non-hydrogen) atoms. The van der Waals surface area contributed by atoms with Crippen molar-refractivity contribution in [1.82, 2.24) is 5.16 Å². The van der Waals surface area contributed by atoms with Crippen molar-refractivity contribution in [2.75, 3.05) is 5.73 Å². The molecule has 0 amide bonds. The van der Waals surface area contributed by atoms with Crippen LogP contribution in [0, 0.1) is 0 Å². The van der Waals surface area contributed by atoms with Crippen LogP contribution in [0.2, 0.25) is 29.7 Å². The topological polar surface area (TPSA) is 52.0 Å². The second kappa shape index (κ2) is 7.79. The van der Waals surface area contributed by atoms with E-state index >= 15 is 0 Å². The Morgan fingerprint density at radius 1 is 1.00 bits per heavy atom. The molecule has 0 saturated heterocycles. The number of nitrogen functional groups attached to an aromatic ring is 1. The lowest BCUT2D eigenvalue weighted by Gasteiger charge is -2.16. The van der Waals surface area contributed by atoms with Gasteiger partial charge in [0.15, 0.2) is 5.76 Å². The first-order chi connectivity index (χ1) is 12.8. The van der Waals surface area contributed by atoms with Crippen LogP contribution in [-0.4, -0.2) is 13.2 Å². The van der Waals surface area contributed by atoms with Crippen molar-refractivity contribution >= 4 is 48.2 Å². The number of aromatic nitrogens is 1. The Bertz CT molecular complexity index is 1010. The summed E-state index contributed by atoms with van der Waals surface area (Å²) in [6.07, 6.45) is 1.92. The molecule has 2 N–H and O–H groups in total. The van der Waals surface area contributed by atoms with Crippen LogP contribution in [0.3, 0.4) is 0 Å². The van der Waals surface area contributed by atoms with Crippen LogP contribution in [0.15, 0.2) is 58.8 Å². The molecule has 0 aliphatic rings. The van der Waals surface area contributed by atoms with E-state index < -0.39 is 8.07 Å². The van der Waals surface area contributed by atoms with Crippen molar-refractivity contribution in [1.29, 1.82) is 0 Å². The lowest BCUT2D eigenvalue weighted by Crippen LogP contribution is -2.22. The SMILES string of the molecule is C[Si](C)(C)C(=C=Cc1ccc(Cl)cc1)c1onc(-c2ccc(Cl)cc2)c1N. The Labute approximate surface area is 170 Å². The molecule has 0 saturated carbocycles. The highest BCUT2D eigenvalue weighted by atomic mass is 35.5. The molecule has 0 radical (unpaired) electrons. The maximum atomic E-state index is 6.40. The third-order valence-electron chi connectivity index (χ3n) is 4.08. The highest BCUT2D eigenvalue weighted by Crippen LogP contribution is 2.35. The summed E-state index contributed by atoms with van der Waals surface area (Å²) in [5.41, 5.74) is 12.8. The molecule has 0 unspecified atom stereocenters. The van der Waals surface area contributed by atoms with Gasteiger partial charge in [-0.15, -0.1) is 5.73 Å². The molecule has 0 spiro atoms. The molecule has 2 aromatic carbocycles. The monoisotopic (exact) mass is 414 g/mol.